The molecule has 1 aromatic carbocycles. The minimum absolute atomic E-state index is 0.0391. The maximum absolute atomic E-state index is 13.3. The lowest BCUT2D eigenvalue weighted by Crippen LogP contribution is -2.45. The van der Waals surface area contributed by atoms with Crippen molar-refractivity contribution in [1.82, 2.24) is 15.5 Å². The van der Waals surface area contributed by atoms with Crippen LogP contribution < -0.4 is 10.6 Å². The number of carbonyl (C=O) groups is 3. The van der Waals surface area contributed by atoms with Gasteiger partial charge < -0.3 is 20.5 Å². The molecule has 2 amide bonds. The van der Waals surface area contributed by atoms with Gasteiger partial charge in [-0.05, 0) is 31.0 Å². The Morgan fingerprint density at radius 3 is 2.38 bits per heavy atom. The lowest BCUT2D eigenvalue weighted by molar-refractivity contribution is -0.133. The summed E-state index contributed by atoms with van der Waals surface area (Å²) >= 11 is 0. The van der Waals surface area contributed by atoms with E-state index in [2.05, 4.69) is 20.8 Å². The Bertz CT molecular complexity index is 882. The molecule has 0 fully saturated rings. The molecule has 4 N–H and O–H groups in total. The topological polar surface area (TPSA) is 133 Å². The molecule has 29 heavy (non-hydrogen) atoms. The maximum Gasteiger partial charge on any atom is 0.358 e. The number of H-pyrrole nitrogens is 1. The van der Waals surface area contributed by atoms with Crippen LogP contribution in [-0.2, 0) is 14.3 Å². The number of nitrogens with zero attached hydrogens (tertiary/aromatic N) is 1. The van der Waals surface area contributed by atoms with E-state index in [0.717, 1.165) is 12.1 Å². The van der Waals surface area contributed by atoms with Gasteiger partial charge in [-0.3, -0.25) is 14.7 Å². The van der Waals surface area contributed by atoms with Crippen molar-refractivity contribution in [1.29, 1.82) is 0 Å². The molecule has 0 aliphatic rings. The predicted molar refractivity (Wildman–Crippen MR) is 96.7 cm³/mol. The molecule has 0 radical (unpaired) electrons. The molecular formula is C18H20F2N4O5. The van der Waals surface area contributed by atoms with Gasteiger partial charge in [0.1, 0.15) is 23.5 Å². The third-order valence-corrected chi connectivity index (χ3v) is 3.81. The van der Waals surface area contributed by atoms with E-state index in [9.17, 15) is 28.3 Å². The highest BCUT2D eigenvalue weighted by molar-refractivity contribution is 5.98. The Balaban J connectivity index is 2.02. The number of halogens is 2. The smallest absolute Gasteiger partial charge is 0.358 e. The molecular weight excluding hydrogens is 390 g/mol. The molecule has 2 unspecified atom stereocenters. The number of hydrogen-bond acceptors (Lipinski definition) is 6. The number of aromatic amines is 1. The molecule has 11 heteroatoms. The van der Waals surface area contributed by atoms with E-state index in [1.54, 1.807) is 13.8 Å². The van der Waals surface area contributed by atoms with E-state index in [0.29, 0.717) is 6.07 Å². The first-order valence-electron chi connectivity index (χ1n) is 8.73. The number of nitrogens with one attached hydrogen (secondary N) is 3. The number of hydrogen-bond donors (Lipinski definition) is 4. The van der Waals surface area contributed by atoms with Crippen LogP contribution in [0.3, 0.4) is 0 Å². The standard InChI is InChI=1S/C18H20F2N4O5/c1-3-12(16(26)22-14-8-13(23-24-14)18(28)29-4-2)21-17(27)15(25)9-5-10(19)7-11(20)6-9/h5-8,12,15,25H,3-4H2,1-2H3,(H,21,27)(H2,22,23,24,26). The van der Waals surface area contributed by atoms with Crippen molar-refractivity contribution in [2.75, 3.05) is 11.9 Å². The first-order chi connectivity index (χ1) is 13.7. The van der Waals surface area contributed by atoms with E-state index >= 15 is 0 Å². The molecule has 0 saturated heterocycles. The molecule has 1 heterocycles. The summed E-state index contributed by atoms with van der Waals surface area (Å²) in [5.74, 6) is -4.14. The van der Waals surface area contributed by atoms with Crippen LogP contribution in [-0.4, -0.2) is 45.7 Å². The monoisotopic (exact) mass is 410 g/mol. The summed E-state index contributed by atoms with van der Waals surface area (Å²) in [5.41, 5.74) is -0.328. The molecule has 1 aromatic heterocycles. The minimum atomic E-state index is -1.87. The van der Waals surface area contributed by atoms with Crippen LogP contribution in [0.15, 0.2) is 24.3 Å². The van der Waals surface area contributed by atoms with Gasteiger partial charge in [-0.15, -0.1) is 0 Å². The predicted octanol–water partition coefficient (Wildman–Crippen LogP) is 1.43. The normalized spacial score (nSPS) is 12.7. The molecule has 0 bridgehead atoms. The molecule has 2 atom stereocenters. The van der Waals surface area contributed by atoms with Gasteiger partial charge in [0, 0.05) is 12.1 Å². The van der Waals surface area contributed by atoms with Crippen molar-refractivity contribution in [2.45, 2.75) is 32.4 Å². The number of amides is 2. The molecule has 2 rings (SSSR count). The number of anilines is 1. The van der Waals surface area contributed by atoms with Crippen LogP contribution in [0.2, 0.25) is 0 Å². The average Bonchev–Trinajstić information content (AvgIpc) is 3.13. The zero-order chi connectivity index (χ0) is 21.6. The van der Waals surface area contributed by atoms with Gasteiger partial charge in [-0.25, -0.2) is 13.6 Å². The van der Waals surface area contributed by atoms with Crippen LogP contribution in [0.4, 0.5) is 14.6 Å². The average molecular weight is 410 g/mol. The van der Waals surface area contributed by atoms with Crippen molar-refractivity contribution in [3.63, 3.8) is 0 Å². The van der Waals surface area contributed by atoms with Gasteiger partial charge in [0.2, 0.25) is 5.91 Å². The summed E-state index contributed by atoms with van der Waals surface area (Å²) < 4.78 is 31.3. The highest BCUT2D eigenvalue weighted by Gasteiger charge is 2.25. The lowest BCUT2D eigenvalue weighted by Gasteiger charge is -2.18. The largest absolute Gasteiger partial charge is 0.461 e. The van der Waals surface area contributed by atoms with Crippen LogP contribution >= 0.6 is 0 Å². The summed E-state index contributed by atoms with van der Waals surface area (Å²) in [5, 5.41) is 20.9. The zero-order valence-corrected chi connectivity index (χ0v) is 15.7. The minimum Gasteiger partial charge on any atom is -0.461 e. The van der Waals surface area contributed by atoms with Crippen molar-refractivity contribution in [3.05, 3.63) is 47.2 Å². The number of esters is 1. The van der Waals surface area contributed by atoms with E-state index in [4.69, 9.17) is 4.74 Å². The molecule has 2 aromatic rings. The van der Waals surface area contributed by atoms with Crippen LogP contribution in [0.25, 0.3) is 0 Å². The molecule has 0 aliphatic carbocycles. The van der Waals surface area contributed by atoms with Gasteiger partial charge in [-0.1, -0.05) is 6.92 Å². The van der Waals surface area contributed by atoms with Crippen molar-refractivity contribution < 1.29 is 33.0 Å². The fraction of sp³-hybridized carbons (Fsp3) is 0.333. The van der Waals surface area contributed by atoms with E-state index in [1.165, 1.54) is 6.07 Å². The van der Waals surface area contributed by atoms with E-state index < -0.39 is 41.6 Å². The highest BCUT2D eigenvalue weighted by atomic mass is 19.1. The number of rotatable bonds is 8. The summed E-state index contributed by atoms with van der Waals surface area (Å²) in [7, 11) is 0. The fourth-order valence-corrected chi connectivity index (χ4v) is 2.40. The number of ether oxygens (including phenoxy) is 1. The second-order valence-electron chi connectivity index (χ2n) is 5.95. The van der Waals surface area contributed by atoms with E-state index in [1.807, 2.05) is 0 Å². The second kappa shape index (κ2) is 9.73. The third kappa shape index (κ3) is 5.82. The van der Waals surface area contributed by atoms with Crippen molar-refractivity contribution in [2.24, 2.45) is 0 Å². The van der Waals surface area contributed by atoms with Gasteiger partial charge in [0.25, 0.3) is 5.91 Å². The number of aliphatic hydroxyl groups is 1. The second-order valence-corrected chi connectivity index (χ2v) is 5.95. The summed E-state index contributed by atoms with van der Waals surface area (Å²) in [6.07, 6.45) is -1.72. The van der Waals surface area contributed by atoms with Crippen LogP contribution in [0, 0.1) is 11.6 Å². The SMILES string of the molecule is CCOC(=O)c1cc(NC(=O)C(CC)NC(=O)C(O)c2cc(F)cc(F)c2)[nH]n1. The Hall–Kier alpha value is -3.34. The van der Waals surface area contributed by atoms with Gasteiger partial charge in [0.05, 0.1) is 6.61 Å². The number of carbonyl (C=O) groups excluding carboxylic acids is 3. The number of aliphatic hydroxyl groups excluding tert-OH is 1. The molecule has 156 valence electrons. The Morgan fingerprint density at radius 2 is 1.79 bits per heavy atom. The van der Waals surface area contributed by atoms with Crippen molar-refractivity contribution >= 4 is 23.6 Å². The number of benzene rings is 1. The first kappa shape index (κ1) is 22.0. The maximum atomic E-state index is 13.3. The quantitative estimate of drug-likeness (QED) is 0.487. The van der Waals surface area contributed by atoms with Crippen LogP contribution in [0.5, 0.6) is 0 Å². The molecule has 0 spiro atoms. The summed E-state index contributed by atoms with van der Waals surface area (Å²) in [6, 6.07) is 2.43. The molecule has 0 aliphatic heterocycles. The molecule has 0 saturated carbocycles. The third-order valence-electron chi connectivity index (χ3n) is 3.81. The Labute approximate surface area is 164 Å². The zero-order valence-electron chi connectivity index (χ0n) is 15.7. The van der Waals surface area contributed by atoms with Gasteiger partial charge in [0.15, 0.2) is 11.8 Å². The van der Waals surface area contributed by atoms with Gasteiger partial charge in [-0.2, -0.15) is 5.10 Å². The Kier molecular flexibility index (Phi) is 7.37. The van der Waals surface area contributed by atoms with Crippen LogP contribution in [0.1, 0.15) is 42.4 Å². The fourth-order valence-electron chi connectivity index (χ4n) is 2.40. The summed E-state index contributed by atoms with van der Waals surface area (Å²) in [4.78, 5) is 36.1. The van der Waals surface area contributed by atoms with Gasteiger partial charge >= 0.3 is 5.97 Å². The summed E-state index contributed by atoms with van der Waals surface area (Å²) in [6.45, 7) is 3.40. The Morgan fingerprint density at radius 1 is 1.14 bits per heavy atom. The van der Waals surface area contributed by atoms with Crippen molar-refractivity contribution in [3.8, 4) is 0 Å². The molecule has 9 nitrogen and oxygen atoms in total. The highest BCUT2D eigenvalue weighted by Crippen LogP contribution is 2.17. The van der Waals surface area contributed by atoms with E-state index in [-0.39, 0.29) is 30.1 Å². The number of aromatic nitrogens is 2. The lowest BCUT2D eigenvalue weighted by atomic mass is 10.1. The first-order valence-corrected chi connectivity index (χ1v) is 8.73.